The maximum absolute atomic E-state index is 13.5. The number of rotatable bonds is 8. The van der Waals surface area contributed by atoms with E-state index in [9.17, 15) is 13.2 Å². The molecule has 1 amide bonds. The highest BCUT2D eigenvalue weighted by Crippen LogP contribution is 2.44. The predicted molar refractivity (Wildman–Crippen MR) is 126 cm³/mol. The Kier molecular flexibility index (Phi) is 6.93. The summed E-state index contributed by atoms with van der Waals surface area (Å²) < 4.78 is 38.8. The summed E-state index contributed by atoms with van der Waals surface area (Å²) in [7, 11) is -1.13. The first-order valence-electron chi connectivity index (χ1n) is 10.2. The normalized spacial score (nSPS) is 15.6. The standard InChI is InChI=1S/C24H28N2O5S/c1-6-12-26-20-14-22(31-5)21(30-4)13-19(20)17(3)23(32(26,28)29)24(27)25-15-16(2)18-10-8-7-9-11-18/h6-11,13-14,16H,1,12,15H2,2-5H3,(H,25,27)/t16-/m0/s1. The number of methoxy groups -OCH3 is 2. The van der Waals surface area contributed by atoms with Crippen molar-refractivity contribution in [2.75, 3.05) is 31.6 Å². The molecule has 170 valence electrons. The maximum atomic E-state index is 13.5. The van der Waals surface area contributed by atoms with E-state index in [-0.39, 0.29) is 17.4 Å². The number of anilines is 1. The molecule has 3 rings (SSSR count). The lowest BCUT2D eigenvalue weighted by Gasteiger charge is -2.32. The third-order valence-electron chi connectivity index (χ3n) is 5.50. The molecular weight excluding hydrogens is 428 g/mol. The summed E-state index contributed by atoms with van der Waals surface area (Å²) in [6, 6.07) is 13.0. The van der Waals surface area contributed by atoms with Gasteiger partial charge in [-0.3, -0.25) is 9.10 Å². The Morgan fingerprint density at radius 3 is 2.38 bits per heavy atom. The molecule has 1 heterocycles. The lowest BCUT2D eigenvalue weighted by Crippen LogP contribution is -2.41. The van der Waals surface area contributed by atoms with Gasteiger partial charge in [0.1, 0.15) is 0 Å². The van der Waals surface area contributed by atoms with Gasteiger partial charge in [0, 0.05) is 18.2 Å². The van der Waals surface area contributed by atoms with Crippen LogP contribution in [0.15, 0.2) is 60.0 Å². The average Bonchev–Trinajstić information content (AvgIpc) is 2.79. The zero-order chi connectivity index (χ0) is 23.5. The number of ether oxygens (including phenoxy) is 2. The Morgan fingerprint density at radius 2 is 1.78 bits per heavy atom. The molecule has 0 aromatic heterocycles. The molecule has 0 bridgehead atoms. The fraction of sp³-hybridized carbons (Fsp3) is 0.292. The van der Waals surface area contributed by atoms with Gasteiger partial charge in [0.2, 0.25) is 0 Å². The van der Waals surface area contributed by atoms with Crippen LogP contribution >= 0.6 is 0 Å². The van der Waals surface area contributed by atoms with Crippen molar-refractivity contribution < 1.29 is 22.7 Å². The summed E-state index contributed by atoms with van der Waals surface area (Å²) in [5.74, 6) is 0.224. The topological polar surface area (TPSA) is 84.9 Å². The van der Waals surface area contributed by atoms with Crippen molar-refractivity contribution in [3.05, 3.63) is 71.2 Å². The Labute approximate surface area is 189 Å². The Hall–Kier alpha value is -3.26. The van der Waals surface area contributed by atoms with Crippen LogP contribution in [-0.2, 0) is 14.8 Å². The predicted octanol–water partition coefficient (Wildman–Crippen LogP) is 3.69. The third kappa shape index (κ3) is 4.23. The lowest BCUT2D eigenvalue weighted by atomic mass is 10.0. The molecule has 0 fully saturated rings. The second kappa shape index (κ2) is 9.48. The molecule has 0 unspecified atom stereocenters. The van der Waals surface area contributed by atoms with Gasteiger partial charge in [0.15, 0.2) is 16.4 Å². The summed E-state index contributed by atoms with van der Waals surface area (Å²) in [6.45, 7) is 7.59. The van der Waals surface area contributed by atoms with Gasteiger partial charge in [-0.1, -0.05) is 43.3 Å². The van der Waals surface area contributed by atoms with Gasteiger partial charge in [-0.05, 0) is 30.0 Å². The SMILES string of the molecule is C=CCN1c2cc(OC)c(OC)cc2C(C)=C(C(=O)NC[C@H](C)c2ccccc2)S1(=O)=O. The van der Waals surface area contributed by atoms with E-state index < -0.39 is 15.9 Å². The quantitative estimate of drug-likeness (QED) is 0.613. The molecule has 1 aliphatic heterocycles. The van der Waals surface area contributed by atoms with E-state index in [4.69, 9.17) is 9.47 Å². The van der Waals surface area contributed by atoms with Crippen LogP contribution in [0.2, 0.25) is 0 Å². The van der Waals surface area contributed by atoms with E-state index in [1.165, 1.54) is 24.6 Å². The number of hydrogen-bond acceptors (Lipinski definition) is 5. The molecule has 0 saturated heterocycles. The number of fused-ring (bicyclic) bond motifs is 1. The van der Waals surface area contributed by atoms with E-state index in [0.29, 0.717) is 34.9 Å². The van der Waals surface area contributed by atoms with E-state index in [0.717, 1.165) is 5.56 Å². The van der Waals surface area contributed by atoms with Crippen LogP contribution in [0.3, 0.4) is 0 Å². The lowest BCUT2D eigenvalue weighted by molar-refractivity contribution is -0.116. The van der Waals surface area contributed by atoms with E-state index in [1.54, 1.807) is 19.1 Å². The molecule has 7 nitrogen and oxygen atoms in total. The minimum absolute atomic E-state index is 0.00922. The first-order valence-corrected chi connectivity index (χ1v) is 11.6. The van der Waals surface area contributed by atoms with E-state index in [2.05, 4.69) is 11.9 Å². The molecule has 0 aliphatic carbocycles. The van der Waals surface area contributed by atoms with E-state index in [1.807, 2.05) is 37.3 Å². The average molecular weight is 457 g/mol. The minimum Gasteiger partial charge on any atom is -0.493 e. The van der Waals surface area contributed by atoms with Gasteiger partial charge < -0.3 is 14.8 Å². The summed E-state index contributed by atoms with van der Waals surface area (Å²) in [4.78, 5) is 12.9. The third-order valence-corrected chi connectivity index (χ3v) is 7.44. The number of allylic oxidation sites excluding steroid dienone is 1. The van der Waals surface area contributed by atoms with Gasteiger partial charge in [-0.25, -0.2) is 8.42 Å². The summed E-state index contributed by atoms with van der Waals surface area (Å²) in [6.07, 6.45) is 1.48. The first-order chi connectivity index (χ1) is 15.3. The molecule has 1 aliphatic rings. The van der Waals surface area contributed by atoms with Crippen molar-refractivity contribution in [2.45, 2.75) is 19.8 Å². The second-order valence-electron chi connectivity index (χ2n) is 7.53. The first kappa shape index (κ1) is 23.4. The molecule has 0 radical (unpaired) electrons. The minimum atomic E-state index is -4.11. The maximum Gasteiger partial charge on any atom is 0.270 e. The van der Waals surface area contributed by atoms with Gasteiger partial charge >= 0.3 is 0 Å². The number of amides is 1. The van der Waals surface area contributed by atoms with Crippen LogP contribution in [0, 0.1) is 0 Å². The number of sulfonamides is 1. The molecule has 2 aromatic rings. The molecule has 1 atom stereocenters. The van der Waals surface area contributed by atoms with Crippen molar-refractivity contribution in [3.63, 3.8) is 0 Å². The number of nitrogens with one attached hydrogen (secondary N) is 1. The monoisotopic (exact) mass is 456 g/mol. The van der Waals surface area contributed by atoms with Crippen molar-refractivity contribution in [1.82, 2.24) is 5.32 Å². The highest BCUT2D eigenvalue weighted by molar-refractivity contribution is 7.97. The summed E-state index contributed by atoms with van der Waals surface area (Å²) in [5.41, 5.74) is 2.40. The van der Waals surface area contributed by atoms with Crippen LogP contribution in [-0.4, -0.2) is 41.6 Å². The Morgan fingerprint density at radius 1 is 1.16 bits per heavy atom. The fourth-order valence-corrected chi connectivity index (χ4v) is 5.49. The molecule has 2 aromatic carbocycles. The van der Waals surface area contributed by atoms with Crippen LogP contribution in [0.1, 0.15) is 30.9 Å². The highest BCUT2D eigenvalue weighted by Gasteiger charge is 2.39. The number of benzene rings is 2. The van der Waals surface area contributed by atoms with Crippen LogP contribution < -0.4 is 19.1 Å². The largest absolute Gasteiger partial charge is 0.493 e. The van der Waals surface area contributed by atoms with Gasteiger partial charge in [0.05, 0.1) is 26.5 Å². The zero-order valence-corrected chi connectivity index (χ0v) is 19.5. The number of hydrogen-bond donors (Lipinski definition) is 1. The van der Waals surface area contributed by atoms with Crippen molar-refractivity contribution in [3.8, 4) is 11.5 Å². The summed E-state index contributed by atoms with van der Waals surface area (Å²) in [5, 5.41) is 2.80. The highest BCUT2D eigenvalue weighted by atomic mass is 32.2. The Bertz CT molecular complexity index is 1160. The van der Waals surface area contributed by atoms with Crippen molar-refractivity contribution in [2.24, 2.45) is 0 Å². The van der Waals surface area contributed by atoms with Crippen LogP contribution in [0.5, 0.6) is 11.5 Å². The van der Waals surface area contributed by atoms with Gasteiger partial charge in [-0.15, -0.1) is 6.58 Å². The van der Waals surface area contributed by atoms with Crippen LogP contribution in [0.4, 0.5) is 5.69 Å². The van der Waals surface area contributed by atoms with Gasteiger partial charge in [-0.2, -0.15) is 0 Å². The molecular formula is C24H28N2O5S. The van der Waals surface area contributed by atoms with Crippen molar-refractivity contribution in [1.29, 1.82) is 0 Å². The molecule has 0 spiro atoms. The molecule has 0 saturated carbocycles. The number of carbonyl (C=O) groups is 1. The second-order valence-corrected chi connectivity index (χ2v) is 9.32. The Balaban J connectivity index is 2.03. The number of nitrogens with zero attached hydrogens (tertiary/aromatic N) is 1. The smallest absolute Gasteiger partial charge is 0.270 e. The fourth-order valence-electron chi connectivity index (χ4n) is 3.76. The zero-order valence-electron chi connectivity index (χ0n) is 18.7. The summed E-state index contributed by atoms with van der Waals surface area (Å²) >= 11 is 0. The molecule has 32 heavy (non-hydrogen) atoms. The molecule has 1 N–H and O–H groups in total. The van der Waals surface area contributed by atoms with Gasteiger partial charge in [0.25, 0.3) is 15.9 Å². The molecule has 8 heteroatoms. The van der Waals surface area contributed by atoms with Crippen molar-refractivity contribution >= 4 is 27.2 Å². The van der Waals surface area contributed by atoms with Crippen LogP contribution in [0.25, 0.3) is 5.57 Å². The van der Waals surface area contributed by atoms with E-state index >= 15 is 0 Å². The number of carbonyl (C=O) groups excluding carboxylic acids is 1.